The molecule has 0 saturated carbocycles. The number of unbranched alkanes of at least 4 members (excludes halogenated alkanes) is 1. The van der Waals surface area contributed by atoms with Crippen molar-refractivity contribution in [3.63, 3.8) is 0 Å². The topological polar surface area (TPSA) is 24.9 Å². The first-order valence-corrected chi connectivity index (χ1v) is 4.96. The Bertz CT molecular complexity index is 221. The van der Waals surface area contributed by atoms with Gasteiger partial charge < -0.3 is 5.32 Å². The second kappa shape index (κ2) is 5.70. The van der Waals surface area contributed by atoms with Crippen molar-refractivity contribution < 1.29 is 0 Å². The van der Waals surface area contributed by atoms with Gasteiger partial charge in [-0.2, -0.15) is 0 Å². The lowest BCUT2D eigenvalue weighted by Gasteiger charge is -2.14. The van der Waals surface area contributed by atoms with Crippen LogP contribution in [0.15, 0.2) is 24.4 Å². The minimum Gasteiger partial charge on any atom is -0.312 e. The van der Waals surface area contributed by atoms with E-state index < -0.39 is 0 Å². The first-order chi connectivity index (χ1) is 6.38. The summed E-state index contributed by atoms with van der Waals surface area (Å²) in [5.74, 6) is 0. The van der Waals surface area contributed by atoms with Crippen LogP contribution < -0.4 is 5.32 Å². The Morgan fingerprint density at radius 3 is 2.85 bits per heavy atom. The molecule has 0 bridgehead atoms. The Kier molecular flexibility index (Phi) is 4.47. The fourth-order valence-electron chi connectivity index (χ4n) is 1.43. The van der Waals surface area contributed by atoms with Crippen LogP contribution in [0.3, 0.4) is 0 Å². The average Bonchev–Trinajstić information content (AvgIpc) is 2.21. The van der Waals surface area contributed by atoms with Crippen LogP contribution in [0.5, 0.6) is 0 Å². The summed E-state index contributed by atoms with van der Waals surface area (Å²) < 4.78 is 0. The summed E-state index contributed by atoms with van der Waals surface area (Å²) in [6.07, 6.45) is 5.52. The van der Waals surface area contributed by atoms with Gasteiger partial charge in [0.05, 0.1) is 5.69 Å². The third-order valence-electron chi connectivity index (χ3n) is 2.24. The molecule has 2 nitrogen and oxygen atoms in total. The van der Waals surface area contributed by atoms with E-state index in [0.29, 0.717) is 6.04 Å². The molecule has 1 aromatic rings. The van der Waals surface area contributed by atoms with E-state index in [2.05, 4.69) is 23.3 Å². The number of rotatable bonds is 5. The number of hydrogen-bond donors (Lipinski definition) is 1. The molecule has 1 unspecified atom stereocenters. The van der Waals surface area contributed by atoms with Gasteiger partial charge in [0.1, 0.15) is 0 Å². The highest BCUT2D eigenvalue weighted by molar-refractivity contribution is 5.08. The van der Waals surface area contributed by atoms with E-state index in [0.717, 1.165) is 5.69 Å². The molecular formula is C11H18N2. The molecule has 2 heteroatoms. The molecule has 1 atom stereocenters. The van der Waals surface area contributed by atoms with Crippen molar-refractivity contribution in [1.82, 2.24) is 10.3 Å². The molecule has 1 N–H and O–H groups in total. The highest BCUT2D eigenvalue weighted by Crippen LogP contribution is 2.15. The van der Waals surface area contributed by atoms with Gasteiger partial charge in [-0.3, -0.25) is 4.98 Å². The Hall–Kier alpha value is -0.890. The van der Waals surface area contributed by atoms with Crippen molar-refractivity contribution in [2.24, 2.45) is 0 Å². The van der Waals surface area contributed by atoms with E-state index in [1.54, 1.807) is 0 Å². The quantitative estimate of drug-likeness (QED) is 0.749. The predicted molar refractivity (Wildman–Crippen MR) is 55.6 cm³/mol. The van der Waals surface area contributed by atoms with Crippen molar-refractivity contribution in [3.05, 3.63) is 30.1 Å². The number of nitrogens with zero attached hydrogens (tertiary/aromatic N) is 1. The maximum Gasteiger partial charge on any atom is 0.0573 e. The van der Waals surface area contributed by atoms with Crippen LogP contribution in [-0.2, 0) is 0 Å². The molecule has 0 aliphatic heterocycles. The van der Waals surface area contributed by atoms with Crippen molar-refractivity contribution >= 4 is 0 Å². The summed E-state index contributed by atoms with van der Waals surface area (Å²) in [5, 5.41) is 3.29. The van der Waals surface area contributed by atoms with Crippen molar-refractivity contribution in [2.45, 2.75) is 32.2 Å². The van der Waals surface area contributed by atoms with Gasteiger partial charge in [0, 0.05) is 12.2 Å². The molecule has 0 radical (unpaired) electrons. The van der Waals surface area contributed by atoms with Crippen LogP contribution in [0.4, 0.5) is 0 Å². The molecule has 0 aromatic carbocycles. The van der Waals surface area contributed by atoms with Crippen LogP contribution >= 0.6 is 0 Å². The maximum atomic E-state index is 4.34. The van der Waals surface area contributed by atoms with Gasteiger partial charge >= 0.3 is 0 Å². The lowest BCUT2D eigenvalue weighted by atomic mass is 10.1. The maximum absolute atomic E-state index is 4.34. The SMILES string of the molecule is CCCCC(NC)c1ccccn1. The molecule has 0 spiro atoms. The first-order valence-electron chi connectivity index (χ1n) is 4.96. The standard InChI is InChI=1S/C11H18N2/c1-3-4-7-10(12-2)11-8-5-6-9-13-11/h5-6,8-10,12H,3-4,7H2,1-2H3. The number of nitrogens with one attached hydrogen (secondary N) is 1. The lowest BCUT2D eigenvalue weighted by Crippen LogP contribution is -2.17. The van der Waals surface area contributed by atoms with Gasteiger partial charge in [-0.1, -0.05) is 25.8 Å². The second-order valence-corrected chi connectivity index (χ2v) is 3.24. The molecule has 13 heavy (non-hydrogen) atoms. The van der Waals surface area contributed by atoms with E-state index in [-0.39, 0.29) is 0 Å². The number of aromatic nitrogens is 1. The molecule has 1 rings (SSSR count). The van der Waals surface area contributed by atoms with E-state index >= 15 is 0 Å². The molecule has 1 heterocycles. The van der Waals surface area contributed by atoms with Gasteiger partial charge in [0.2, 0.25) is 0 Å². The van der Waals surface area contributed by atoms with Crippen LogP contribution in [0, 0.1) is 0 Å². The molecular weight excluding hydrogens is 160 g/mol. The van der Waals surface area contributed by atoms with Gasteiger partial charge in [-0.25, -0.2) is 0 Å². The predicted octanol–water partition coefficient (Wildman–Crippen LogP) is 2.53. The lowest BCUT2D eigenvalue weighted by molar-refractivity contribution is 0.511. The minimum absolute atomic E-state index is 0.418. The molecule has 0 aliphatic rings. The van der Waals surface area contributed by atoms with E-state index in [1.165, 1.54) is 19.3 Å². The Morgan fingerprint density at radius 1 is 1.46 bits per heavy atom. The molecule has 0 amide bonds. The molecule has 0 aliphatic carbocycles. The summed E-state index contributed by atoms with van der Waals surface area (Å²) >= 11 is 0. The summed E-state index contributed by atoms with van der Waals surface area (Å²) in [6, 6.07) is 6.49. The first kappa shape index (κ1) is 10.2. The van der Waals surface area contributed by atoms with E-state index in [4.69, 9.17) is 0 Å². The number of pyridine rings is 1. The second-order valence-electron chi connectivity index (χ2n) is 3.24. The zero-order valence-electron chi connectivity index (χ0n) is 8.46. The summed E-state index contributed by atoms with van der Waals surface area (Å²) in [5.41, 5.74) is 1.15. The van der Waals surface area contributed by atoms with Gasteiger partial charge in [-0.05, 0) is 25.6 Å². The van der Waals surface area contributed by atoms with Crippen molar-refractivity contribution in [2.75, 3.05) is 7.05 Å². The summed E-state index contributed by atoms with van der Waals surface area (Å²) in [7, 11) is 2.00. The molecule has 72 valence electrons. The van der Waals surface area contributed by atoms with Crippen molar-refractivity contribution in [1.29, 1.82) is 0 Å². The third kappa shape index (κ3) is 3.15. The zero-order valence-corrected chi connectivity index (χ0v) is 8.46. The molecule has 1 aromatic heterocycles. The Labute approximate surface area is 80.4 Å². The highest BCUT2D eigenvalue weighted by Gasteiger charge is 2.07. The Morgan fingerprint density at radius 2 is 2.31 bits per heavy atom. The molecule has 0 fully saturated rings. The zero-order chi connectivity index (χ0) is 9.52. The van der Waals surface area contributed by atoms with E-state index in [1.807, 2.05) is 25.4 Å². The fraction of sp³-hybridized carbons (Fsp3) is 0.545. The van der Waals surface area contributed by atoms with E-state index in [9.17, 15) is 0 Å². The van der Waals surface area contributed by atoms with Crippen LogP contribution in [-0.4, -0.2) is 12.0 Å². The van der Waals surface area contributed by atoms with Gasteiger partial charge in [0.25, 0.3) is 0 Å². The minimum atomic E-state index is 0.418. The molecule has 0 saturated heterocycles. The largest absolute Gasteiger partial charge is 0.312 e. The normalized spacial score (nSPS) is 12.8. The van der Waals surface area contributed by atoms with Gasteiger partial charge in [0.15, 0.2) is 0 Å². The van der Waals surface area contributed by atoms with Crippen LogP contribution in [0.1, 0.15) is 37.9 Å². The summed E-state index contributed by atoms with van der Waals surface area (Å²) in [4.78, 5) is 4.34. The average molecular weight is 178 g/mol. The number of hydrogen-bond acceptors (Lipinski definition) is 2. The Balaban J connectivity index is 2.56. The van der Waals surface area contributed by atoms with Crippen LogP contribution in [0.2, 0.25) is 0 Å². The van der Waals surface area contributed by atoms with Crippen LogP contribution in [0.25, 0.3) is 0 Å². The van der Waals surface area contributed by atoms with Gasteiger partial charge in [-0.15, -0.1) is 0 Å². The smallest absolute Gasteiger partial charge is 0.0573 e. The third-order valence-corrected chi connectivity index (χ3v) is 2.24. The van der Waals surface area contributed by atoms with Crippen molar-refractivity contribution in [3.8, 4) is 0 Å². The monoisotopic (exact) mass is 178 g/mol. The highest BCUT2D eigenvalue weighted by atomic mass is 14.9. The summed E-state index contributed by atoms with van der Waals surface area (Å²) in [6.45, 7) is 2.21. The fourth-order valence-corrected chi connectivity index (χ4v) is 1.43.